The lowest BCUT2D eigenvalue weighted by Crippen LogP contribution is -2.18. The van der Waals surface area contributed by atoms with Crippen LogP contribution in [0.5, 0.6) is 0 Å². The van der Waals surface area contributed by atoms with Gasteiger partial charge in [0, 0.05) is 5.92 Å². The van der Waals surface area contributed by atoms with Gasteiger partial charge in [-0.05, 0) is 18.2 Å². The number of carbonyl (C=O) groups excluding carboxylic acids is 1. The first kappa shape index (κ1) is 11.7. The highest BCUT2D eigenvalue weighted by Crippen LogP contribution is 2.21. The number of hydrogen-bond donors (Lipinski definition) is 1. The minimum Gasteiger partial charge on any atom is -0.469 e. The summed E-state index contributed by atoms with van der Waals surface area (Å²) < 4.78 is 17.9. The van der Waals surface area contributed by atoms with Gasteiger partial charge in [-0.25, -0.2) is 4.39 Å². The van der Waals surface area contributed by atoms with Gasteiger partial charge >= 0.3 is 5.97 Å². The summed E-state index contributed by atoms with van der Waals surface area (Å²) >= 11 is 0. The highest BCUT2D eigenvalue weighted by Gasteiger charge is 2.17. The van der Waals surface area contributed by atoms with Crippen LogP contribution in [-0.4, -0.2) is 19.6 Å². The van der Waals surface area contributed by atoms with Crippen LogP contribution in [0.4, 0.5) is 4.39 Å². The molecule has 1 aromatic rings. The van der Waals surface area contributed by atoms with Crippen LogP contribution < -0.4 is 5.73 Å². The van der Waals surface area contributed by atoms with Crippen molar-refractivity contribution in [2.45, 2.75) is 12.3 Å². The fourth-order valence-corrected chi connectivity index (χ4v) is 1.41. The topological polar surface area (TPSA) is 52.3 Å². The Labute approximate surface area is 88.0 Å². The first-order valence-corrected chi connectivity index (χ1v) is 4.70. The van der Waals surface area contributed by atoms with Gasteiger partial charge in [0.05, 0.1) is 13.5 Å². The van der Waals surface area contributed by atoms with Crippen LogP contribution >= 0.6 is 0 Å². The smallest absolute Gasteiger partial charge is 0.306 e. The van der Waals surface area contributed by atoms with Crippen LogP contribution in [-0.2, 0) is 9.53 Å². The zero-order valence-corrected chi connectivity index (χ0v) is 8.57. The van der Waals surface area contributed by atoms with E-state index in [4.69, 9.17) is 5.73 Å². The largest absolute Gasteiger partial charge is 0.469 e. The van der Waals surface area contributed by atoms with E-state index < -0.39 is 0 Å². The molecule has 0 radical (unpaired) electrons. The fraction of sp³-hybridized carbons (Fsp3) is 0.364. The second-order valence-corrected chi connectivity index (χ2v) is 3.23. The standard InChI is InChI=1S/C11H14FNO2/c1-15-11(14)6-8(7-13)9-4-2-3-5-10(9)12/h2-5,8H,6-7,13H2,1H3. The van der Waals surface area contributed by atoms with E-state index in [1.54, 1.807) is 18.2 Å². The van der Waals surface area contributed by atoms with Crippen LogP contribution in [0.1, 0.15) is 17.9 Å². The molecule has 0 saturated carbocycles. The van der Waals surface area contributed by atoms with Crippen molar-refractivity contribution in [2.75, 3.05) is 13.7 Å². The normalized spacial score (nSPS) is 12.2. The van der Waals surface area contributed by atoms with Gasteiger partial charge in [-0.3, -0.25) is 4.79 Å². The van der Waals surface area contributed by atoms with Gasteiger partial charge in [0.2, 0.25) is 0 Å². The molecule has 0 aliphatic heterocycles. The maximum Gasteiger partial charge on any atom is 0.306 e. The lowest BCUT2D eigenvalue weighted by atomic mass is 9.95. The molecule has 0 saturated heterocycles. The van der Waals surface area contributed by atoms with E-state index in [1.807, 2.05) is 0 Å². The summed E-state index contributed by atoms with van der Waals surface area (Å²) in [6.45, 7) is 0.218. The first-order valence-electron chi connectivity index (χ1n) is 4.70. The van der Waals surface area contributed by atoms with E-state index in [-0.39, 0.29) is 30.7 Å². The molecule has 0 spiro atoms. The Morgan fingerprint density at radius 1 is 1.53 bits per heavy atom. The van der Waals surface area contributed by atoms with Gasteiger partial charge in [-0.1, -0.05) is 18.2 Å². The van der Waals surface area contributed by atoms with Gasteiger partial charge in [-0.15, -0.1) is 0 Å². The fourth-order valence-electron chi connectivity index (χ4n) is 1.41. The first-order chi connectivity index (χ1) is 7.19. The Kier molecular flexibility index (Phi) is 4.24. The Hall–Kier alpha value is -1.42. The minimum absolute atomic E-state index is 0.105. The molecule has 4 heteroatoms. The summed E-state index contributed by atoms with van der Waals surface area (Å²) in [6.07, 6.45) is 0.105. The van der Waals surface area contributed by atoms with E-state index in [0.29, 0.717) is 5.56 Å². The molecule has 0 heterocycles. The SMILES string of the molecule is COC(=O)CC(CN)c1ccccc1F. The molecule has 15 heavy (non-hydrogen) atoms. The molecule has 1 unspecified atom stereocenters. The zero-order chi connectivity index (χ0) is 11.3. The zero-order valence-electron chi connectivity index (χ0n) is 8.57. The van der Waals surface area contributed by atoms with Crippen molar-refractivity contribution in [3.8, 4) is 0 Å². The summed E-state index contributed by atoms with van der Waals surface area (Å²) in [7, 11) is 1.30. The van der Waals surface area contributed by atoms with Crippen LogP contribution in [0.15, 0.2) is 24.3 Å². The van der Waals surface area contributed by atoms with Crippen molar-refractivity contribution in [3.05, 3.63) is 35.6 Å². The van der Waals surface area contributed by atoms with Gasteiger partial charge in [0.1, 0.15) is 5.82 Å². The van der Waals surface area contributed by atoms with Gasteiger partial charge in [-0.2, -0.15) is 0 Å². The summed E-state index contributed by atoms with van der Waals surface area (Å²) in [5, 5.41) is 0. The number of hydrogen-bond acceptors (Lipinski definition) is 3. The average molecular weight is 211 g/mol. The molecule has 0 aliphatic carbocycles. The minimum atomic E-state index is -0.381. The molecule has 82 valence electrons. The maximum atomic E-state index is 13.4. The molecular weight excluding hydrogens is 197 g/mol. The molecule has 1 rings (SSSR count). The molecule has 0 aliphatic rings. The quantitative estimate of drug-likeness (QED) is 0.766. The van der Waals surface area contributed by atoms with Crippen molar-refractivity contribution in [1.82, 2.24) is 0 Å². The maximum absolute atomic E-state index is 13.4. The van der Waals surface area contributed by atoms with E-state index in [1.165, 1.54) is 13.2 Å². The van der Waals surface area contributed by atoms with Crippen molar-refractivity contribution < 1.29 is 13.9 Å². The van der Waals surface area contributed by atoms with E-state index in [2.05, 4.69) is 4.74 Å². The second-order valence-electron chi connectivity index (χ2n) is 3.23. The van der Waals surface area contributed by atoms with Crippen molar-refractivity contribution >= 4 is 5.97 Å². The third-order valence-electron chi connectivity index (χ3n) is 2.27. The Bertz CT molecular complexity index is 341. The van der Waals surface area contributed by atoms with E-state index in [9.17, 15) is 9.18 Å². The molecule has 0 amide bonds. The van der Waals surface area contributed by atoms with Crippen LogP contribution in [0.3, 0.4) is 0 Å². The molecule has 3 nitrogen and oxygen atoms in total. The van der Waals surface area contributed by atoms with Crippen molar-refractivity contribution in [1.29, 1.82) is 0 Å². The Morgan fingerprint density at radius 3 is 2.73 bits per heavy atom. The van der Waals surface area contributed by atoms with Gasteiger partial charge in [0.25, 0.3) is 0 Å². The molecule has 2 N–H and O–H groups in total. The third-order valence-corrected chi connectivity index (χ3v) is 2.27. The van der Waals surface area contributed by atoms with Crippen LogP contribution in [0.2, 0.25) is 0 Å². The number of methoxy groups -OCH3 is 1. The Balaban J connectivity index is 2.83. The molecular formula is C11H14FNO2. The third kappa shape index (κ3) is 3.02. The van der Waals surface area contributed by atoms with Crippen LogP contribution in [0.25, 0.3) is 0 Å². The second kappa shape index (κ2) is 5.46. The van der Waals surface area contributed by atoms with Crippen molar-refractivity contribution in [3.63, 3.8) is 0 Å². The number of ether oxygens (including phenoxy) is 1. The number of nitrogens with two attached hydrogens (primary N) is 1. The summed E-state index contributed by atoms with van der Waals surface area (Å²) in [5.41, 5.74) is 5.97. The molecule has 0 aromatic heterocycles. The Morgan fingerprint density at radius 2 is 2.20 bits per heavy atom. The molecule has 0 bridgehead atoms. The molecule has 1 atom stereocenters. The lowest BCUT2D eigenvalue weighted by molar-refractivity contribution is -0.141. The van der Waals surface area contributed by atoms with E-state index >= 15 is 0 Å². The van der Waals surface area contributed by atoms with Crippen molar-refractivity contribution in [2.24, 2.45) is 5.73 Å². The number of rotatable bonds is 4. The van der Waals surface area contributed by atoms with Gasteiger partial charge in [0.15, 0.2) is 0 Å². The number of halogens is 1. The van der Waals surface area contributed by atoms with E-state index in [0.717, 1.165) is 0 Å². The highest BCUT2D eigenvalue weighted by molar-refractivity contribution is 5.70. The summed E-state index contributed by atoms with van der Waals surface area (Å²) in [5.74, 6) is -1.04. The number of carbonyl (C=O) groups is 1. The van der Waals surface area contributed by atoms with Crippen LogP contribution in [0, 0.1) is 5.82 Å². The lowest BCUT2D eigenvalue weighted by Gasteiger charge is -2.14. The summed E-state index contributed by atoms with van der Waals surface area (Å²) in [6, 6.07) is 6.31. The monoisotopic (exact) mass is 211 g/mol. The number of benzene rings is 1. The predicted octanol–water partition coefficient (Wildman–Crippen LogP) is 1.43. The highest BCUT2D eigenvalue weighted by atomic mass is 19.1. The summed E-state index contributed by atoms with van der Waals surface area (Å²) in [4.78, 5) is 11.1. The average Bonchev–Trinajstić information content (AvgIpc) is 2.26. The molecule has 0 fully saturated rings. The predicted molar refractivity (Wildman–Crippen MR) is 54.8 cm³/mol. The van der Waals surface area contributed by atoms with Gasteiger partial charge < -0.3 is 10.5 Å². The molecule has 1 aromatic carbocycles. The number of esters is 1.